The van der Waals surface area contributed by atoms with Crippen molar-refractivity contribution in [2.24, 2.45) is 46.3 Å². The predicted molar refractivity (Wildman–Crippen MR) is 308 cm³/mol. The molecule has 0 saturated carbocycles. The molecule has 4 amide bonds. The highest BCUT2D eigenvalue weighted by Gasteiger charge is 2.55. The molecule has 0 unspecified atom stereocenters. The molecule has 0 aliphatic carbocycles. The number of nitrogens with one attached hydrogen (secondary N) is 6. The van der Waals surface area contributed by atoms with Crippen molar-refractivity contribution in [2.45, 2.75) is 131 Å². The Hall–Kier alpha value is -7.51. The van der Waals surface area contributed by atoms with Gasteiger partial charge in [-0.15, -0.1) is 11.6 Å². The number of alkyl halides is 7. The fourth-order valence-corrected chi connectivity index (χ4v) is 9.65. The Bertz CT molecular complexity index is 3130. The average Bonchev–Trinajstić information content (AvgIpc) is 2.70. The molecule has 0 radical (unpaired) electrons. The van der Waals surface area contributed by atoms with Crippen LogP contribution in [0.15, 0.2) is 48.5 Å². The number of rotatable bonds is 27. The molecule has 87 heavy (non-hydrogen) atoms. The molecular formula is C60H77ClF6N6O14. The van der Waals surface area contributed by atoms with Crippen LogP contribution < -0.4 is 30.7 Å². The van der Waals surface area contributed by atoms with Crippen LogP contribution in [0.1, 0.15) is 128 Å². The maximum atomic E-state index is 13.5. The monoisotopic (exact) mass is 1250 g/mol. The lowest BCUT2D eigenvalue weighted by atomic mass is 9.89. The number of fused-ring (bicyclic) bond motifs is 2. The fraction of sp³-hybridized carbons (Fsp3) is 0.567. The van der Waals surface area contributed by atoms with Gasteiger partial charge in [0.25, 0.3) is 0 Å². The number of aliphatic carboxylic acids is 1. The van der Waals surface area contributed by atoms with Crippen LogP contribution in [0.25, 0.3) is 21.8 Å². The van der Waals surface area contributed by atoms with E-state index >= 15 is 0 Å². The Labute approximate surface area is 504 Å². The van der Waals surface area contributed by atoms with Crippen LogP contribution in [0.4, 0.5) is 26.3 Å². The zero-order valence-electron chi connectivity index (χ0n) is 50.1. The van der Waals surface area contributed by atoms with E-state index in [-0.39, 0.29) is 90.1 Å². The topological polar surface area (TPSA) is 298 Å². The van der Waals surface area contributed by atoms with E-state index in [2.05, 4.69) is 31.2 Å². The number of ether oxygens (including phenoxy) is 3. The van der Waals surface area contributed by atoms with Gasteiger partial charge in [0.05, 0.1) is 43.6 Å². The molecule has 2 aliphatic rings. The van der Waals surface area contributed by atoms with Crippen LogP contribution in [0.2, 0.25) is 0 Å². The van der Waals surface area contributed by atoms with Crippen molar-refractivity contribution >= 4 is 92.1 Å². The highest BCUT2D eigenvalue weighted by atomic mass is 35.5. The number of aromatic amines is 2. The molecule has 2 fully saturated rings. The molecule has 4 aromatic rings. The van der Waals surface area contributed by atoms with Crippen molar-refractivity contribution in [1.82, 2.24) is 31.2 Å². The van der Waals surface area contributed by atoms with Gasteiger partial charge in [0.2, 0.25) is 23.6 Å². The summed E-state index contributed by atoms with van der Waals surface area (Å²) in [5.41, 5.74) is -3.38. The maximum absolute atomic E-state index is 13.5. The van der Waals surface area contributed by atoms with Crippen LogP contribution in [0, 0.1) is 46.3 Å². The van der Waals surface area contributed by atoms with E-state index in [4.69, 9.17) is 30.9 Å². The zero-order chi connectivity index (χ0) is 65.5. The zero-order valence-corrected chi connectivity index (χ0v) is 50.9. The molecule has 2 aromatic heterocycles. The average molecular weight is 1260 g/mol. The first kappa shape index (κ1) is 72.0. The summed E-state index contributed by atoms with van der Waals surface area (Å²) >= 11 is 5.77. The van der Waals surface area contributed by atoms with Gasteiger partial charge in [-0.2, -0.15) is 26.3 Å². The Kier molecular flexibility index (Phi) is 25.6. The molecule has 0 spiro atoms. The van der Waals surface area contributed by atoms with Crippen molar-refractivity contribution in [3.8, 4) is 11.5 Å². The second-order valence-electron chi connectivity index (χ2n) is 23.5. The summed E-state index contributed by atoms with van der Waals surface area (Å²) < 4.78 is 90.3. The quantitative estimate of drug-likeness (QED) is 0.0127. The first-order valence-corrected chi connectivity index (χ1v) is 28.7. The van der Waals surface area contributed by atoms with Gasteiger partial charge in [-0.25, -0.2) is 0 Å². The van der Waals surface area contributed by atoms with Gasteiger partial charge >= 0.3 is 24.3 Å². The third kappa shape index (κ3) is 19.5. The smallest absolute Gasteiger partial charge is 0.404 e. The number of carboxylic acid groups (broad SMARTS) is 1. The Morgan fingerprint density at radius 3 is 1.33 bits per heavy atom. The summed E-state index contributed by atoms with van der Waals surface area (Å²) in [5.74, 6) is -8.05. The fourth-order valence-electron chi connectivity index (χ4n) is 9.46. The Balaban J connectivity index is 0.000000327. The van der Waals surface area contributed by atoms with Crippen molar-refractivity contribution in [3.05, 3.63) is 59.9 Å². The van der Waals surface area contributed by atoms with Gasteiger partial charge < -0.3 is 50.6 Å². The number of amides is 4. The molecule has 480 valence electrons. The van der Waals surface area contributed by atoms with Crippen LogP contribution in [0.3, 0.4) is 0 Å². The number of hydrogen-bond acceptors (Lipinski definition) is 13. The number of carbonyl (C=O) groups excluding carboxylic acids is 9. The first-order valence-electron chi connectivity index (χ1n) is 28.2. The minimum atomic E-state index is -4.91. The lowest BCUT2D eigenvalue weighted by Gasteiger charge is -2.26. The van der Waals surface area contributed by atoms with E-state index in [1.807, 2.05) is 45.9 Å². The van der Waals surface area contributed by atoms with E-state index in [0.29, 0.717) is 94.6 Å². The van der Waals surface area contributed by atoms with Gasteiger partial charge in [-0.1, -0.05) is 39.8 Å². The van der Waals surface area contributed by atoms with E-state index in [1.54, 1.807) is 37.4 Å². The molecular weight excluding hydrogens is 1180 g/mol. The van der Waals surface area contributed by atoms with E-state index in [9.17, 15) is 74.3 Å². The molecule has 7 N–H and O–H groups in total. The number of carbonyl (C=O) groups is 10. The Morgan fingerprint density at radius 2 is 1.02 bits per heavy atom. The SMILES string of the molecule is CC(C)(C(=O)O)C(F)(F)F.COc1cccc2[nH]c(C(=O)C[C@@H](CC(C)C)C(=O)N[C@@H](C[C@@H]3CCNC3=O)C(=O)CCl)cc12.COc1cccc2[nH]c(C(=O)C[C@@H](CC(C)C)C(=O)N[C@@H](C[C@@H]3CCNC3=O)C(=O)COC(=O)C(C)(C)C(F)(F)F)cc12. The molecule has 2 aromatic carbocycles. The lowest BCUT2D eigenvalue weighted by Crippen LogP contribution is -2.48. The minimum Gasteiger partial charge on any atom is -0.496 e. The van der Waals surface area contributed by atoms with Crippen LogP contribution >= 0.6 is 11.6 Å². The van der Waals surface area contributed by atoms with E-state index in [1.165, 1.54) is 7.11 Å². The minimum absolute atomic E-state index is 0.00771. The maximum Gasteiger partial charge on any atom is 0.404 e. The number of hydrogen-bond donors (Lipinski definition) is 7. The molecule has 27 heteroatoms. The Morgan fingerprint density at radius 1 is 0.632 bits per heavy atom. The number of Topliss-reactive ketones (excluding diaryl/α,β-unsaturated/α-hetero) is 4. The number of benzene rings is 2. The number of H-pyrrole nitrogens is 2. The summed E-state index contributed by atoms with van der Waals surface area (Å²) in [7, 11) is 3.08. The summed E-state index contributed by atoms with van der Waals surface area (Å²) in [6, 6.07) is 12.0. The molecule has 6 atom stereocenters. The molecule has 20 nitrogen and oxygen atoms in total. The summed E-state index contributed by atoms with van der Waals surface area (Å²) in [6.07, 6.45) is -7.96. The third-order valence-corrected chi connectivity index (χ3v) is 15.4. The van der Waals surface area contributed by atoms with Crippen molar-refractivity contribution < 1.29 is 93.6 Å². The van der Waals surface area contributed by atoms with Gasteiger partial charge in [-0.3, -0.25) is 47.9 Å². The molecule has 2 aliphatic heterocycles. The molecule has 2 saturated heterocycles. The van der Waals surface area contributed by atoms with Crippen molar-refractivity contribution in [2.75, 3.05) is 39.8 Å². The second-order valence-corrected chi connectivity index (χ2v) is 23.7. The summed E-state index contributed by atoms with van der Waals surface area (Å²) in [4.78, 5) is 131. The lowest BCUT2D eigenvalue weighted by molar-refractivity contribution is -0.225. The number of halogens is 7. The number of esters is 1. The van der Waals surface area contributed by atoms with Crippen molar-refractivity contribution in [3.63, 3.8) is 0 Å². The van der Waals surface area contributed by atoms with Crippen LogP contribution in [-0.2, 0) is 43.1 Å². The predicted octanol–water partition coefficient (Wildman–Crippen LogP) is 9.01. The van der Waals surface area contributed by atoms with Gasteiger partial charge in [0, 0.05) is 71.4 Å². The number of aromatic nitrogens is 2. The molecule has 4 heterocycles. The highest BCUT2D eigenvalue weighted by molar-refractivity contribution is 6.28. The molecule has 0 bridgehead atoms. The molecule has 6 rings (SSSR count). The van der Waals surface area contributed by atoms with Gasteiger partial charge in [0.1, 0.15) is 11.5 Å². The van der Waals surface area contributed by atoms with E-state index < -0.39 is 83.3 Å². The normalized spacial score (nSPS) is 16.7. The third-order valence-electron chi connectivity index (χ3n) is 15.1. The summed E-state index contributed by atoms with van der Waals surface area (Å²) in [5, 5.41) is 20.3. The number of methoxy groups -OCH3 is 2. The highest BCUT2D eigenvalue weighted by Crippen LogP contribution is 2.39. The van der Waals surface area contributed by atoms with Gasteiger partial charge in [-0.05, 0) is 114 Å². The standard InChI is InChI=1S/C30H38F3N3O7.C25H32ClN3O5.C5H7F3O2/c1-16(2)11-18(13-23(37)22-14-19-20(35-22)7-6-8-25(19)42-5)27(40)36-21(12-17-9-10-34-26(17)39)24(38)15-43-28(41)29(3,4)30(31,32)33;1-14(2)9-16(11-21(30)20-12-17-18(28-20)5-4-6-23(17)34-3)25(33)29-19(22(31)13-26)10-15-7-8-27-24(15)32;1-4(2,3(9)10)5(6,7)8/h6-8,14,16-18,21,35H,9-13,15H2,1-5H3,(H,34,39)(H,36,40);4-6,12,14-16,19,28H,7-11,13H2,1-3H3,(H,27,32)(H,29,33);1-2H3,(H,9,10)/t17-,18+,21-;15-,16+,19-;/m00./s1. The first-order chi connectivity index (χ1) is 40.5. The number of ketones is 4. The summed E-state index contributed by atoms with van der Waals surface area (Å²) in [6.45, 7) is 10.1. The van der Waals surface area contributed by atoms with E-state index in [0.717, 1.165) is 10.9 Å². The van der Waals surface area contributed by atoms with Crippen LogP contribution in [0.5, 0.6) is 11.5 Å². The van der Waals surface area contributed by atoms with Crippen molar-refractivity contribution in [1.29, 1.82) is 0 Å². The van der Waals surface area contributed by atoms with Gasteiger partial charge in [0.15, 0.2) is 40.6 Å². The largest absolute Gasteiger partial charge is 0.496 e. The van der Waals surface area contributed by atoms with Crippen LogP contribution in [-0.4, -0.2) is 138 Å². The second kappa shape index (κ2) is 30.9. The number of carboxylic acids is 1.